The van der Waals surface area contributed by atoms with Crippen molar-refractivity contribution >= 4 is 11.9 Å². The van der Waals surface area contributed by atoms with Gasteiger partial charge < -0.3 is 19.4 Å². The minimum Gasteiger partial charge on any atom is -0.482 e. The predicted molar refractivity (Wildman–Crippen MR) is 111 cm³/mol. The fourth-order valence-corrected chi connectivity index (χ4v) is 3.07. The smallest absolute Gasteiger partial charge is 0.358 e. The van der Waals surface area contributed by atoms with E-state index in [1.807, 2.05) is 0 Å². The SMILES string of the molecule is COC(=O)c1c(OCc2ccccc2)c(=O)c(C(=O)NCc2c(F)cc(F)cc2F)cn1C. The highest BCUT2D eigenvalue weighted by Crippen LogP contribution is 2.18. The minimum atomic E-state index is -1.19. The topological polar surface area (TPSA) is 86.6 Å². The van der Waals surface area contributed by atoms with Crippen molar-refractivity contribution in [3.63, 3.8) is 0 Å². The number of carbonyl (C=O) groups excluding carboxylic acids is 2. The average Bonchev–Trinajstić information content (AvgIpc) is 2.78. The van der Waals surface area contributed by atoms with Crippen LogP contribution in [0.1, 0.15) is 32.0 Å². The van der Waals surface area contributed by atoms with E-state index in [1.54, 1.807) is 30.3 Å². The number of halogens is 3. The maximum atomic E-state index is 13.8. The van der Waals surface area contributed by atoms with Crippen molar-refractivity contribution in [2.75, 3.05) is 7.11 Å². The number of aryl methyl sites for hydroxylation is 1. The maximum absolute atomic E-state index is 13.8. The van der Waals surface area contributed by atoms with Crippen molar-refractivity contribution in [2.24, 2.45) is 7.05 Å². The van der Waals surface area contributed by atoms with Gasteiger partial charge in [0, 0.05) is 37.5 Å². The minimum absolute atomic E-state index is 0.0723. The molecule has 0 fully saturated rings. The molecule has 3 rings (SSSR count). The monoisotopic (exact) mass is 460 g/mol. The van der Waals surface area contributed by atoms with E-state index in [0.29, 0.717) is 17.7 Å². The van der Waals surface area contributed by atoms with Crippen LogP contribution in [-0.4, -0.2) is 23.6 Å². The molecule has 0 aliphatic rings. The number of aromatic nitrogens is 1. The van der Waals surface area contributed by atoms with Gasteiger partial charge in [0.05, 0.1) is 7.11 Å². The van der Waals surface area contributed by atoms with Gasteiger partial charge in [-0.3, -0.25) is 9.59 Å². The highest BCUT2D eigenvalue weighted by molar-refractivity contribution is 5.96. The van der Waals surface area contributed by atoms with Gasteiger partial charge in [-0.2, -0.15) is 0 Å². The normalized spacial score (nSPS) is 10.6. The fraction of sp³-hybridized carbons (Fsp3) is 0.174. The van der Waals surface area contributed by atoms with Crippen LogP contribution in [0.5, 0.6) is 5.75 Å². The van der Waals surface area contributed by atoms with Crippen LogP contribution in [0.25, 0.3) is 0 Å². The Morgan fingerprint density at radius 3 is 2.30 bits per heavy atom. The molecular weight excluding hydrogens is 441 g/mol. The molecule has 0 aliphatic heterocycles. The van der Waals surface area contributed by atoms with E-state index in [2.05, 4.69) is 5.32 Å². The highest BCUT2D eigenvalue weighted by atomic mass is 19.1. The van der Waals surface area contributed by atoms with Crippen molar-refractivity contribution < 1.29 is 32.2 Å². The van der Waals surface area contributed by atoms with Crippen LogP contribution in [0.15, 0.2) is 53.5 Å². The number of hydrogen-bond donors (Lipinski definition) is 1. The van der Waals surface area contributed by atoms with E-state index in [9.17, 15) is 27.6 Å². The van der Waals surface area contributed by atoms with Crippen LogP contribution in [0, 0.1) is 17.5 Å². The molecule has 1 N–H and O–H groups in total. The van der Waals surface area contributed by atoms with E-state index in [0.717, 1.165) is 13.3 Å². The Bertz CT molecular complexity index is 1240. The first-order valence-electron chi connectivity index (χ1n) is 9.63. The molecule has 2 aromatic carbocycles. The van der Waals surface area contributed by atoms with Crippen LogP contribution in [-0.2, 0) is 24.9 Å². The third kappa shape index (κ3) is 5.22. The van der Waals surface area contributed by atoms with Gasteiger partial charge in [0.15, 0.2) is 11.4 Å². The van der Waals surface area contributed by atoms with Gasteiger partial charge >= 0.3 is 5.97 Å². The van der Waals surface area contributed by atoms with E-state index in [4.69, 9.17) is 9.47 Å². The lowest BCUT2D eigenvalue weighted by molar-refractivity contribution is 0.0581. The molecule has 1 aromatic heterocycles. The molecule has 172 valence electrons. The van der Waals surface area contributed by atoms with Gasteiger partial charge in [-0.25, -0.2) is 18.0 Å². The second kappa shape index (κ2) is 10.0. The van der Waals surface area contributed by atoms with Crippen LogP contribution < -0.4 is 15.5 Å². The lowest BCUT2D eigenvalue weighted by Gasteiger charge is -2.15. The number of nitrogens with one attached hydrogen (secondary N) is 1. The summed E-state index contributed by atoms with van der Waals surface area (Å²) in [6, 6.07) is 9.75. The van der Waals surface area contributed by atoms with Crippen molar-refractivity contribution in [1.29, 1.82) is 0 Å². The summed E-state index contributed by atoms with van der Waals surface area (Å²) in [6.45, 7) is -0.712. The Kier molecular flexibility index (Phi) is 7.17. The van der Waals surface area contributed by atoms with Crippen molar-refractivity contribution in [3.05, 3.63) is 98.7 Å². The fourth-order valence-electron chi connectivity index (χ4n) is 3.07. The summed E-state index contributed by atoms with van der Waals surface area (Å²) in [5.74, 6) is -5.73. The number of pyridine rings is 1. The first-order chi connectivity index (χ1) is 15.7. The van der Waals surface area contributed by atoms with Gasteiger partial charge in [0.1, 0.15) is 29.6 Å². The largest absolute Gasteiger partial charge is 0.482 e. The Labute approximate surface area is 186 Å². The van der Waals surface area contributed by atoms with Crippen molar-refractivity contribution in [3.8, 4) is 5.75 Å². The summed E-state index contributed by atoms with van der Waals surface area (Å²) >= 11 is 0. The Balaban J connectivity index is 1.93. The first kappa shape index (κ1) is 23.6. The Morgan fingerprint density at radius 2 is 1.70 bits per heavy atom. The van der Waals surface area contributed by atoms with Crippen molar-refractivity contribution in [2.45, 2.75) is 13.2 Å². The van der Waals surface area contributed by atoms with E-state index < -0.39 is 58.2 Å². The quantitative estimate of drug-likeness (QED) is 0.548. The molecule has 33 heavy (non-hydrogen) atoms. The van der Waals surface area contributed by atoms with Gasteiger partial charge in [-0.15, -0.1) is 0 Å². The average molecular weight is 460 g/mol. The zero-order valence-electron chi connectivity index (χ0n) is 17.7. The number of nitrogens with zero attached hydrogens (tertiary/aromatic N) is 1. The lowest BCUT2D eigenvalue weighted by atomic mass is 10.1. The van der Waals surface area contributed by atoms with E-state index >= 15 is 0 Å². The van der Waals surface area contributed by atoms with Crippen molar-refractivity contribution in [1.82, 2.24) is 9.88 Å². The van der Waals surface area contributed by atoms with Gasteiger partial charge in [-0.05, 0) is 5.56 Å². The standard InChI is InChI=1S/C23H19F3N2O5/c1-28-11-16(22(30)27-10-15-17(25)8-14(24)9-18(15)26)20(29)21(19(28)23(31)32-2)33-12-13-6-4-3-5-7-13/h3-9,11H,10,12H2,1-2H3,(H,27,30). The molecular formula is C23H19F3N2O5. The molecule has 0 bridgehead atoms. The number of rotatable bonds is 7. The van der Waals surface area contributed by atoms with Gasteiger partial charge in [0.2, 0.25) is 5.43 Å². The number of ether oxygens (including phenoxy) is 2. The van der Waals surface area contributed by atoms with E-state index in [1.165, 1.54) is 11.6 Å². The number of hydrogen-bond acceptors (Lipinski definition) is 5. The molecule has 0 radical (unpaired) electrons. The number of methoxy groups -OCH3 is 1. The molecule has 1 amide bonds. The van der Waals surface area contributed by atoms with Crippen LogP contribution in [0.4, 0.5) is 13.2 Å². The van der Waals surface area contributed by atoms with Crippen LogP contribution >= 0.6 is 0 Å². The zero-order valence-corrected chi connectivity index (χ0v) is 17.7. The molecule has 3 aromatic rings. The third-order valence-corrected chi connectivity index (χ3v) is 4.72. The number of esters is 1. The summed E-state index contributed by atoms with van der Waals surface area (Å²) in [7, 11) is 2.53. The Hall–Kier alpha value is -4.08. The number of amides is 1. The molecule has 0 spiro atoms. The molecule has 1 heterocycles. The lowest BCUT2D eigenvalue weighted by Crippen LogP contribution is -2.32. The van der Waals surface area contributed by atoms with Crippen LogP contribution in [0.2, 0.25) is 0 Å². The second-order valence-electron chi connectivity index (χ2n) is 6.96. The zero-order chi connectivity index (χ0) is 24.1. The summed E-state index contributed by atoms with van der Waals surface area (Å²) in [4.78, 5) is 37.9. The van der Waals surface area contributed by atoms with Gasteiger partial charge in [0.25, 0.3) is 5.91 Å². The summed E-state index contributed by atoms with van der Waals surface area (Å²) in [6.07, 6.45) is 1.08. The number of benzene rings is 2. The molecule has 10 heteroatoms. The van der Waals surface area contributed by atoms with Crippen LogP contribution in [0.3, 0.4) is 0 Å². The molecule has 0 saturated heterocycles. The Morgan fingerprint density at radius 1 is 1.06 bits per heavy atom. The first-order valence-corrected chi connectivity index (χ1v) is 9.63. The predicted octanol–water partition coefficient (Wildman–Crippen LogP) is 3.10. The number of carbonyl (C=O) groups is 2. The van der Waals surface area contributed by atoms with Gasteiger partial charge in [-0.1, -0.05) is 30.3 Å². The summed E-state index contributed by atoms with van der Waals surface area (Å²) < 4.78 is 52.3. The molecule has 0 unspecified atom stereocenters. The highest BCUT2D eigenvalue weighted by Gasteiger charge is 2.25. The molecule has 7 nitrogen and oxygen atoms in total. The summed E-state index contributed by atoms with van der Waals surface area (Å²) in [5.41, 5.74) is -1.44. The third-order valence-electron chi connectivity index (χ3n) is 4.72. The van der Waals surface area contributed by atoms with E-state index in [-0.39, 0.29) is 12.3 Å². The maximum Gasteiger partial charge on any atom is 0.358 e. The summed E-state index contributed by atoms with van der Waals surface area (Å²) in [5, 5.41) is 2.22. The molecule has 0 saturated carbocycles. The second-order valence-corrected chi connectivity index (χ2v) is 6.96. The molecule has 0 aliphatic carbocycles. The molecule has 0 atom stereocenters.